The van der Waals surface area contributed by atoms with E-state index < -0.39 is 34.4 Å². The summed E-state index contributed by atoms with van der Waals surface area (Å²) in [5.74, 6) is -0.438. The normalized spacial score (nSPS) is 40.9. The molecular formula is C49H79N3O7. The van der Waals surface area contributed by atoms with Crippen molar-refractivity contribution in [2.75, 3.05) is 26.2 Å². The van der Waals surface area contributed by atoms with E-state index in [1.54, 1.807) is 0 Å². The molecule has 0 unspecified atom stereocenters. The Morgan fingerprint density at radius 2 is 1.53 bits per heavy atom. The van der Waals surface area contributed by atoms with Gasteiger partial charge in [-0.25, -0.2) is 0 Å². The van der Waals surface area contributed by atoms with E-state index in [1.165, 1.54) is 5.57 Å². The maximum absolute atomic E-state index is 14.2. The lowest BCUT2D eigenvalue weighted by Gasteiger charge is -2.72. The number of aliphatic hydroxyl groups excluding tert-OH is 1. The number of Topliss-reactive ketones (excluding diaryl/α,β-unsaturated/α-hetero) is 1. The Labute approximate surface area is 355 Å². The molecule has 332 valence electrons. The smallest absolute Gasteiger partial charge is 0.309 e. The zero-order chi connectivity index (χ0) is 43.3. The van der Waals surface area contributed by atoms with Gasteiger partial charge in [0.15, 0.2) is 5.78 Å². The first-order chi connectivity index (χ1) is 27.4. The Balaban J connectivity index is 1.08. The predicted octanol–water partition coefficient (Wildman–Crippen LogP) is 7.47. The van der Waals surface area contributed by atoms with E-state index in [-0.39, 0.29) is 69.1 Å². The second-order valence-electron chi connectivity index (χ2n) is 23.7. The summed E-state index contributed by atoms with van der Waals surface area (Å²) in [5.41, 5.74) is 0.412. The maximum atomic E-state index is 14.2. The first-order valence-corrected chi connectivity index (χ1v) is 23.5. The van der Waals surface area contributed by atoms with Crippen molar-refractivity contribution in [1.82, 2.24) is 16.0 Å². The molecule has 6 fully saturated rings. The molecule has 10 heteroatoms. The topological polar surface area (TPSA) is 154 Å². The SMILES string of the molecule is CC(C)C1=C2[C@H]3CC[C@@H]4[C@@]5(C)CC[C@H](OC(=O)[C@H]6C[C@@H](C(=O)O)C6(C)C)C(C)(C)[C@@H]5CC[C@@]4(C)[C@]3(C)CC[C@@]2([C@@H](O)CNCC(C)(C)NC(=O)C2CCNCC2)CC1=O. The molecule has 1 aliphatic heterocycles. The van der Waals surface area contributed by atoms with Crippen molar-refractivity contribution in [3.8, 4) is 0 Å². The number of carboxylic acid groups (broad SMARTS) is 1. The van der Waals surface area contributed by atoms with Gasteiger partial charge in [-0.05, 0) is 148 Å². The molecule has 1 amide bonds. The minimum atomic E-state index is -0.833. The van der Waals surface area contributed by atoms with Crippen LogP contribution in [0.4, 0.5) is 0 Å². The number of carbonyl (C=O) groups is 4. The van der Waals surface area contributed by atoms with Crippen LogP contribution in [-0.2, 0) is 23.9 Å². The number of rotatable bonds is 11. The molecule has 0 aromatic heterocycles. The summed E-state index contributed by atoms with van der Waals surface area (Å²) in [4.78, 5) is 52.8. The number of fused-ring (bicyclic) bond motifs is 7. The third-order valence-corrected chi connectivity index (χ3v) is 19.2. The van der Waals surface area contributed by atoms with Crippen molar-refractivity contribution in [3.05, 3.63) is 11.1 Å². The first-order valence-electron chi connectivity index (χ1n) is 23.5. The number of aliphatic carboxylic acids is 1. The number of carboxylic acids is 1. The number of piperidine rings is 1. The second-order valence-corrected chi connectivity index (χ2v) is 23.7. The van der Waals surface area contributed by atoms with Crippen molar-refractivity contribution in [2.24, 2.45) is 73.9 Å². The molecule has 6 aliphatic carbocycles. The van der Waals surface area contributed by atoms with Gasteiger partial charge in [-0.1, -0.05) is 67.9 Å². The molecule has 7 rings (SSSR count). The van der Waals surface area contributed by atoms with Crippen LogP contribution in [0.5, 0.6) is 0 Å². The van der Waals surface area contributed by atoms with Gasteiger partial charge in [0, 0.05) is 41.8 Å². The van der Waals surface area contributed by atoms with Crippen LogP contribution < -0.4 is 16.0 Å². The summed E-state index contributed by atoms with van der Waals surface area (Å²) in [6.45, 7) is 27.1. The number of carbonyl (C=O) groups excluding carboxylic acids is 3. The van der Waals surface area contributed by atoms with E-state index in [1.807, 2.05) is 27.7 Å². The minimum absolute atomic E-state index is 0.0327. The Morgan fingerprint density at radius 1 is 0.847 bits per heavy atom. The number of hydrogen-bond donors (Lipinski definition) is 5. The zero-order valence-electron chi connectivity index (χ0n) is 38.4. The van der Waals surface area contributed by atoms with Crippen LogP contribution in [0.2, 0.25) is 0 Å². The predicted molar refractivity (Wildman–Crippen MR) is 229 cm³/mol. The van der Waals surface area contributed by atoms with Crippen molar-refractivity contribution < 1.29 is 34.1 Å². The van der Waals surface area contributed by atoms with Gasteiger partial charge < -0.3 is 30.9 Å². The van der Waals surface area contributed by atoms with E-state index in [9.17, 15) is 29.4 Å². The van der Waals surface area contributed by atoms with Crippen molar-refractivity contribution in [2.45, 2.75) is 171 Å². The number of amides is 1. The van der Waals surface area contributed by atoms with E-state index in [2.05, 4.69) is 64.4 Å². The molecule has 5 saturated carbocycles. The molecule has 1 heterocycles. The van der Waals surface area contributed by atoms with E-state index in [0.29, 0.717) is 37.8 Å². The zero-order valence-corrected chi connectivity index (χ0v) is 38.4. The molecule has 1 saturated heterocycles. The van der Waals surface area contributed by atoms with E-state index in [4.69, 9.17) is 4.74 Å². The average Bonchev–Trinajstić information content (AvgIpc) is 3.45. The lowest BCUT2D eigenvalue weighted by molar-refractivity contribution is -0.238. The van der Waals surface area contributed by atoms with Gasteiger partial charge in [-0.3, -0.25) is 19.2 Å². The Hall–Kier alpha value is -2.30. The molecule has 5 N–H and O–H groups in total. The van der Waals surface area contributed by atoms with Gasteiger partial charge in [-0.2, -0.15) is 0 Å². The van der Waals surface area contributed by atoms with Crippen molar-refractivity contribution >= 4 is 23.6 Å². The largest absolute Gasteiger partial charge is 0.481 e. The monoisotopic (exact) mass is 822 g/mol. The lowest BCUT2D eigenvalue weighted by Crippen LogP contribution is -2.66. The van der Waals surface area contributed by atoms with E-state index >= 15 is 0 Å². The molecule has 7 aliphatic rings. The van der Waals surface area contributed by atoms with Crippen LogP contribution >= 0.6 is 0 Å². The van der Waals surface area contributed by atoms with Gasteiger partial charge >= 0.3 is 11.9 Å². The van der Waals surface area contributed by atoms with Crippen LogP contribution in [0, 0.1) is 73.9 Å². The van der Waals surface area contributed by atoms with Crippen molar-refractivity contribution in [1.29, 1.82) is 0 Å². The summed E-state index contributed by atoms with van der Waals surface area (Å²) in [6, 6.07) is 0. The highest BCUT2D eigenvalue weighted by molar-refractivity contribution is 6.00. The number of hydrogen-bond acceptors (Lipinski definition) is 8. The summed E-state index contributed by atoms with van der Waals surface area (Å²) >= 11 is 0. The fourth-order valence-corrected chi connectivity index (χ4v) is 15.5. The summed E-state index contributed by atoms with van der Waals surface area (Å²) < 4.78 is 6.43. The van der Waals surface area contributed by atoms with E-state index in [0.717, 1.165) is 82.9 Å². The highest BCUT2D eigenvalue weighted by Gasteiger charge is 2.71. The third-order valence-electron chi connectivity index (χ3n) is 19.2. The summed E-state index contributed by atoms with van der Waals surface area (Å²) in [7, 11) is 0. The molecule has 0 aromatic carbocycles. The molecule has 11 atom stereocenters. The standard InChI is InChI=1S/C49H79N3O7/c1-28(2)38-33(53)25-49(36(54)26-51-27-43(3,4)52-40(55)29-16-22-50-23-17-29)21-20-47(10)30(39(38)49)12-13-35-46(9)18-15-37(45(7,8)34(46)14-19-48(35,47)11)59-42(58)32-24-31(41(56)57)44(32,5)6/h28-32,34-37,50-51,54H,12-27H2,1-11H3,(H,52,55)(H,56,57)/t30-,31+,32-,34+,35-,36+,37+,46+,47-,48-,49+/m1/s1. The number of ether oxygens (including phenoxy) is 1. The van der Waals surface area contributed by atoms with Gasteiger partial charge in [0.25, 0.3) is 0 Å². The van der Waals surface area contributed by atoms with Gasteiger partial charge in [0.1, 0.15) is 6.10 Å². The molecule has 0 bridgehead atoms. The number of aliphatic hydroxyl groups is 1. The van der Waals surface area contributed by atoms with Crippen LogP contribution in [0.25, 0.3) is 0 Å². The summed E-state index contributed by atoms with van der Waals surface area (Å²) in [5, 5.41) is 32.2. The lowest BCUT2D eigenvalue weighted by atomic mass is 9.33. The van der Waals surface area contributed by atoms with Crippen LogP contribution in [-0.4, -0.2) is 77.8 Å². The fraction of sp³-hybridized carbons (Fsp3) is 0.878. The Bertz CT molecular complexity index is 1730. The highest BCUT2D eigenvalue weighted by Crippen LogP contribution is 2.77. The first kappa shape index (κ1) is 44.7. The molecule has 0 radical (unpaired) electrons. The molecular weight excluding hydrogens is 743 g/mol. The molecule has 0 spiro atoms. The van der Waals surface area contributed by atoms with Crippen LogP contribution in [0.3, 0.4) is 0 Å². The highest BCUT2D eigenvalue weighted by atomic mass is 16.5. The van der Waals surface area contributed by atoms with Crippen molar-refractivity contribution in [3.63, 3.8) is 0 Å². The third kappa shape index (κ3) is 6.98. The molecule has 0 aromatic rings. The van der Waals surface area contributed by atoms with Gasteiger partial charge in [0.05, 0.1) is 17.9 Å². The Kier molecular flexibility index (Phi) is 11.5. The Morgan fingerprint density at radius 3 is 2.15 bits per heavy atom. The minimum Gasteiger partial charge on any atom is -0.481 e. The number of nitrogens with one attached hydrogen (secondary N) is 3. The molecule has 10 nitrogen and oxygen atoms in total. The van der Waals surface area contributed by atoms with Gasteiger partial charge in [0.2, 0.25) is 5.91 Å². The van der Waals surface area contributed by atoms with Crippen LogP contribution in [0.15, 0.2) is 11.1 Å². The summed E-state index contributed by atoms with van der Waals surface area (Å²) in [6.07, 6.45) is 9.32. The second kappa shape index (κ2) is 15.2. The molecule has 59 heavy (non-hydrogen) atoms. The quantitative estimate of drug-likeness (QED) is 0.134. The number of ketones is 1. The van der Waals surface area contributed by atoms with Gasteiger partial charge in [-0.15, -0.1) is 0 Å². The number of allylic oxidation sites excluding steroid dienone is 1. The maximum Gasteiger partial charge on any atom is 0.309 e. The number of esters is 1. The van der Waals surface area contributed by atoms with Crippen LogP contribution in [0.1, 0.15) is 153 Å². The fourth-order valence-electron chi connectivity index (χ4n) is 15.5. The average molecular weight is 822 g/mol.